The second kappa shape index (κ2) is 20.0. The summed E-state index contributed by atoms with van der Waals surface area (Å²) in [7, 11) is 0. The summed E-state index contributed by atoms with van der Waals surface area (Å²) in [4.78, 5) is 95.2. The Bertz CT molecular complexity index is 1800. The fourth-order valence-corrected chi connectivity index (χ4v) is 7.92. The quantitative estimate of drug-likeness (QED) is 0.168. The second-order valence-corrected chi connectivity index (χ2v) is 16.3. The summed E-state index contributed by atoms with van der Waals surface area (Å²) in [6, 6.07) is 6.52. The van der Waals surface area contributed by atoms with Gasteiger partial charge >= 0.3 is 0 Å². The molecule has 5 atom stereocenters. The zero-order chi connectivity index (χ0) is 42.0. The smallest absolute Gasteiger partial charge is 0.257 e. The SMILES string of the molecule is CCCC(CC(=O)[C@@H]1C[C@@H](OC(C)(C)C)CN1C(=O)[C@@H](NC(=O)c1c(F)cccc1F)C1CCCCC1)C(=O)C(=O)CCC(=O)NC(C(N)=O)c1cccc(C)c1. The van der Waals surface area contributed by atoms with Gasteiger partial charge in [0.05, 0.1) is 17.7 Å². The van der Waals surface area contributed by atoms with Crippen molar-refractivity contribution in [3.05, 3.63) is 70.8 Å². The monoisotopic (exact) mass is 794 g/mol. The van der Waals surface area contributed by atoms with Gasteiger partial charge in [-0.05, 0) is 70.6 Å². The van der Waals surface area contributed by atoms with Gasteiger partial charge < -0.3 is 26.0 Å². The Morgan fingerprint density at radius 1 is 0.930 bits per heavy atom. The lowest BCUT2D eigenvalue weighted by atomic mass is 9.82. The molecule has 14 heteroatoms. The van der Waals surface area contributed by atoms with Crippen molar-refractivity contribution in [3.63, 3.8) is 0 Å². The average Bonchev–Trinajstić information content (AvgIpc) is 3.57. The number of benzene rings is 2. The molecule has 0 spiro atoms. The van der Waals surface area contributed by atoms with Crippen LogP contribution in [0, 0.1) is 30.4 Å². The molecule has 4 amide bonds. The van der Waals surface area contributed by atoms with Crippen LogP contribution in [0.3, 0.4) is 0 Å². The molecule has 4 rings (SSSR count). The number of nitrogens with zero attached hydrogens (tertiary/aromatic N) is 1. The number of Topliss-reactive ketones (excluding diaryl/α,β-unsaturated/α-hetero) is 3. The van der Waals surface area contributed by atoms with Gasteiger partial charge in [-0.3, -0.25) is 33.6 Å². The molecule has 0 radical (unpaired) electrons. The van der Waals surface area contributed by atoms with E-state index in [4.69, 9.17) is 10.5 Å². The maximum atomic E-state index is 14.7. The fourth-order valence-electron chi connectivity index (χ4n) is 7.92. The third kappa shape index (κ3) is 12.3. The number of rotatable bonds is 18. The molecule has 2 aromatic rings. The number of ketones is 3. The molecule has 0 aromatic heterocycles. The van der Waals surface area contributed by atoms with Crippen molar-refractivity contribution in [1.29, 1.82) is 0 Å². The summed E-state index contributed by atoms with van der Waals surface area (Å²) < 4.78 is 35.6. The number of nitrogens with one attached hydrogen (secondary N) is 2. The van der Waals surface area contributed by atoms with Crippen LogP contribution in [-0.4, -0.2) is 76.2 Å². The number of amides is 4. The highest BCUT2D eigenvalue weighted by Crippen LogP contribution is 2.33. The molecule has 12 nitrogen and oxygen atoms in total. The largest absolute Gasteiger partial charge is 0.371 e. The Morgan fingerprint density at radius 2 is 1.58 bits per heavy atom. The first kappa shape index (κ1) is 44.9. The molecule has 1 aliphatic heterocycles. The van der Waals surface area contributed by atoms with Crippen molar-refractivity contribution < 1.29 is 47.1 Å². The lowest BCUT2D eigenvalue weighted by molar-refractivity contribution is -0.143. The molecule has 1 aliphatic carbocycles. The summed E-state index contributed by atoms with van der Waals surface area (Å²) >= 11 is 0. The van der Waals surface area contributed by atoms with E-state index in [9.17, 15) is 42.3 Å². The number of carbonyl (C=O) groups excluding carboxylic acids is 7. The van der Waals surface area contributed by atoms with E-state index >= 15 is 0 Å². The number of likely N-dealkylation sites (tertiary alicyclic amines) is 1. The van der Waals surface area contributed by atoms with Crippen molar-refractivity contribution >= 4 is 41.0 Å². The van der Waals surface area contributed by atoms with E-state index in [1.54, 1.807) is 25.1 Å². The molecule has 2 fully saturated rings. The van der Waals surface area contributed by atoms with E-state index in [-0.39, 0.29) is 31.7 Å². The van der Waals surface area contributed by atoms with Crippen LogP contribution in [0.5, 0.6) is 0 Å². The Balaban J connectivity index is 1.51. The maximum absolute atomic E-state index is 14.7. The molecular formula is C43H56F2N4O8. The summed E-state index contributed by atoms with van der Waals surface area (Å²) in [6.07, 6.45) is 2.59. The third-order valence-electron chi connectivity index (χ3n) is 10.6. The predicted octanol–water partition coefficient (Wildman–Crippen LogP) is 5.37. The molecule has 1 heterocycles. The Morgan fingerprint density at radius 3 is 2.18 bits per heavy atom. The van der Waals surface area contributed by atoms with E-state index in [0.29, 0.717) is 24.8 Å². The molecule has 2 aliphatic rings. The van der Waals surface area contributed by atoms with Crippen LogP contribution in [0.4, 0.5) is 8.78 Å². The van der Waals surface area contributed by atoms with E-state index < -0.39 is 107 Å². The van der Waals surface area contributed by atoms with Gasteiger partial charge in [0.1, 0.15) is 29.3 Å². The van der Waals surface area contributed by atoms with E-state index in [2.05, 4.69) is 10.6 Å². The van der Waals surface area contributed by atoms with Crippen LogP contribution in [0.15, 0.2) is 42.5 Å². The van der Waals surface area contributed by atoms with Gasteiger partial charge in [0.25, 0.3) is 5.91 Å². The number of halogens is 2. The van der Waals surface area contributed by atoms with E-state index in [1.807, 2.05) is 33.8 Å². The Kier molecular flexibility index (Phi) is 15.8. The molecule has 4 N–H and O–H groups in total. The molecule has 310 valence electrons. The van der Waals surface area contributed by atoms with Crippen LogP contribution in [0.25, 0.3) is 0 Å². The van der Waals surface area contributed by atoms with E-state index in [1.165, 1.54) is 4.90 Å². The number of ether oxygens (including phenoxy) is 1. The Labute approximate surface area is 333 Å². The van der Waals surface area contributed by atoms with Gasteiger partial charge in [0.15, 0.2) is 11.6 Å². The van der Waals surface area contributed by atoms with Crippen molar-refractivity contribution in [1.82, 2.24) is 15.5 Å². The molecule has 2 unspecified atom stereocenters. The summed E-state index contributed by atoms with van der Waals surface area (Å²) in [6.45, 7) is 9.11. The van der Waals surface area contributed by atoms with Crippen molar-refractivity contribution in [3.8, 4) is 0 Å². The summed E-state index contributed by atoms with van der Waals surface area (Å²) in [5.74, 6) is -8.81. The molecule has 1 saturated heterocycles. The molecule has 1 saturated carbocycles. The van der Waals surface area contributed by atoms with Crippen molar-refractivity contribution in [2.24, 2.45) is 17.6 Å². The minimum atomic E-state index is -1.19. The van der Waals surface area contributed by atoms with Gasteiger partial charge in [-0.1, -0.05) is 68.5 Å². The molecule has 57 heavy (non-hydrogen) atoms. The van der Waals surface area contributed by atoms with Crippen molar-refractivity contribution in [2.75, 3.05) is 6.54 Å². The highest BCUT2D eigenvalue weighted by atomic mass is 19.1. The van der Waals surface area contributed by atoms with Gasteiger partial charge in [-0.15, -0.1) is 0 Å². The topological polar surface area (TPSA) is 182 Å². The van der Waals surface area contributed by atoms with Gasteiger partial charge in [0.2, 0.25) is 23.5 Å². The Hall–Kier alpha value is -4.85. The zero-order valence-electron chi connectivity index (χ0n) is 33.5. The van der Waals surface area contributed by atoms with Crippen LogP contribution in [0.2, 0.25) is 0 Å². The van der Waals surface area contributed by atoms with Crippen LogP contribution in [-0.2, 0) is 33.5 Å². The minimum absolute atomic E-state index is 0.00502. The first-order valence-corrected chi connectivity index (χ1v) is 19.9. The minimum Gasteiger partial charge on any atom is -0.371 e. The van der Waals surface area contributed by atoms with Crippen molar-refractivity contribution in [2.45, 2.75) is 135 Å². The third-order valence-corrected chi connectivity index (χ3v) is 10.6. The zero-order valence-corrected chi connectivity index (χ0v) is 33.5. The second-order valence-electron chi connectivity index (χ2n) is 16.3. The van der Waals surface area contributed by atoms with Crippen LogP contribution >= 0.6 is 0 Å². The molecule has 2 aromatic carbocycles. The highest BCUT2D eigenvalue weighted by Gasteiger charge is 2.46. The molecular weight excluding hydrogens is 738 g/mol. The number of hydrogen-bond acceptors (Lipinski definition) is 8. The first-order chi connectivity index (χ1) is 26.9. The number of nitrogens with two attached hydrogens (primary N) is 1. The lowest BCUT2D eigenvalue weighted by Crippen LogP contribution is -2.55. The first-order valence-electron chi connectivity index (χ1n) is 19.9. The molecule has 0 bridgehead atoms. The average molecular weight is 795 g/mol. The summed E-state index contributed by atoms with van der Waals surface area (Å²) in [5, 5.41) is 5.14. The number of aryl methyl sites for hydroxylation is 1. The van der Waals surface area contributed by atoms with Gasteiger partial charge in [0, 0.05) is 38.1 Å². The van der Waals surface area contributed by atoms with Gasteiger partial charge in [-0.2, -0.15) is 0 Å². The predicted molar refractivity (Wildman–Crippen MR) is 207 cm³/mol. The van der Waals surface area contributed by atoms with Crippen LogP contribution in [0.1, 0.15) is 126 Å². The maximum Gasteiger partial charge on any atom is 0.257 e. The van der Waals surface area contributed by atoms with Gasteiger partial charge in [-0.25, -0.2) is 8.78 Å². The van der Waals surface area contributed by atoms with E-state index in [0.717, 1.165) is 43.0 Å². The standard InChI is InChI=1S/C43H56F2N4O8/c1-6-12-28(39(53)33(50)19-20-35(52)47-37(40(46)54)27-16-10-13-25(2)21-27)22-34(51)32-23-29(57-43(3,4)5)24-49(32)42(56)38(26-14-8-7-9-15-26)48-41(55)36-30(44)17-11-18-31(36)45/h10-11,13,16-18,21,26,28-29,32,37-38H,6-9,12,14-15,19-20,22-24H2,1-5H3,(H2,46,54)(H,47,52)(H,48,55)/t28?,29-,32+,37?,38+/m1/s1. The normalized spacial score (nSPS) is 19.0. The summed E-state index contributed by atoms with van der Waals surface area (Å²) in [5.41, 5.74) is 5.40. The number of primary amides is 1. The number of carbonyl (C=O) groups is 7. The van der Waals surface area contributed by atoms with Crippen LogP contribution < -0.4 is 16.4 Å². The fraction of sp³-hybridized carbons (Fsp3) is 0.558. The highest BCUT2D eigenvalue weighted by molar-refractivity contribution is 6.38. The number of hydrogen-bond donors (Lipinski definition) is 3. The lowest BCUT2D eigenvalue weighted by Gasteiger charge is -2.35.